The van der Waals surface area contributed by atoms with E-state index in [1.54, 1.807) is 0 Å². The van der Waals surface area contributed by atoms with E-state index >= 15 is 0 Å². The van der Waals surface area contributed by atoms with Crippen molar-refractivity contribution in [2.75, 3.05) is 12.3 Å². The molecule has 5 heteroatoms. The monoisotopic (exact) mass is 222 g/mol. The molecule has 3 N–H and O–H groups in total. The van der Waals surface area contributed by atoms with Gasteiger partial charge in [0.15, 0.2) is 0 Å². The molecule has 0 bridgehead atoms. The zero-order valence-electron chi connectivity index (χ0n) is 9.29. The third-order valence-corrected chi connectivity index (χ3v) is 3.59. The van der Waals surface area contributed by atoms with Crippen LogP contribution in [-0.4, -0.2) is 26.8 Å². The van der Waals surface area contributed by atoms with Crippen LogP contribution >= 0.6 is 0 Å². The average molecular weight is 222 g/mol. The molecule has 0 spiro atoms. The van der Waals surface area contributed by atoms with Crippen molar-refractivity contribution >= 4 is 10.0 Å². The van der Waals surface area contributed by atoms with Gasteiger partial charge in [0.05, 0.1) is 5.75 Å². The normalized spacial score (nSPS) is 14.6. The van der Waals surface area contributed by atoms with Crippen LogP contribution in [0.15, 0.2) is 0 Å². The zero-order chi connectivity index (χ0) is 11.2. The van der Waals surface area contributed by atoms with E-state index in [2.05, 4.69) is 4.72 Å². The highest BCUT2D eigenvalue weighted by Gasteiger charge is 2.13. The lowest BCUT2D eigenvalue weighted by Gasteiger charge is -2.16. The molecule has 0 aromatic rings. The summed E-state index contributed by atoms with van der Waals surface area (Å²) >= 11 is 0. The van der Waals surface area contributed by atoms with Gasteiger partial charge in [0.2, 0.25) is 10.0 Å². The Bertz CT molecular complexity index is 237. The number of rotatable bonds is 7. The van der Waals surface area contributed by atoms with Gasteiger partial charge < -0.3 is 5.73 Å². The summed E-state index contributed by atoms with van der Waals surface area (Å²) in [5.41, 5.74) is 5.73. The Morgan fingerprint density at radius 1 is 1.36 bits per heavy atom. The molecule has 0 aliphatic carbocycles. The highest BCUT2D eigenvalue weighted by molar-refractivity contribution is 7.89. The molecular formula is C9H22N2O2S. The topological polar surface area (TPSA) is 72.2 Å². The van der Waals surface area contributed by atoms with Crippen molar-refractivity contribution in [1.82, 2.24) is 4.72 Å². The molecular weight excluding hydrogens is 200 g/mol. The van der Waals surface area contributed by atoms with Gasteiger partial charge in [-0.1, -0.05) is 27.2 Å². The fourth-order valence-corrected chi connectivity index (χ4v) is 2.12. The lowest BCUT2D eigenvalue weighted by molar-refractivity contribution is 0.481. The second-order valence-electron chi connectivity index (χ2n) is 3.93. The SMILES string of the molecule is CCCCS(=O)(=O)NCC(N)C(C)C. The summed E-state index contributed by atoms with van der Waals surface area (Å²) in [5, 5.41) is 0. The second kappa shape index (κ2) is 6.37. The lowest BCUT2D eigenvalue weighted by atomic mass is 10.1. The lowest BCUT2D eigenvalue weighted by Crippen LogP contribution is -2.41. The molecule has 0 aromatic carbocycles. The fourth-order valence-electron chi connectivity index (χ4n) is 0.865. The Balaban J connectivity index is 3.87. The zero-order valence-corrected chi connectivity index (χ0v) is 10.1. The molecule has 0 aliphatic rings. The van der Waals surface area contributed by atoms with Gasteiger partial charge in [-0.2, -0.15) is 0 Å². The van der Waals surface area contributed by atoms with E-state index in [4.69, 9.17) is 5.73 Å². The largest absolute Gasteiger partial charge is 0.326 e. The molecule has 0 aromatic heterocycles. The molecule has 1 unspecified atom stereocenters. The van der Waals surface area contributed by atoms with Crippen LogP contribution in [0.3, 0.4) is 0 Å². The van der Waals surface area contributed by atoms with Gasteiger partial charge >= 0.3 is 0 Å². The van der Waals surface area contributed by atoms with Crippen molar-refractivity contribution in [3.63, 3.8) is 0 Å². The third kappa shape index (κ3) is 6.34. The van der Waals surface area contributed by atoms with Gasteiger partial charge in [0, 0.05) is 12.6 Å². The molecule has 0 radical (unpaired) electrons. The molecule has 0 aliphatic heterocycles. The smallest absolute Gasteiger partial charge is 0.211 e. The molecule has 0 amide bonds. The Morgan fingerprint density at radius 3 is 2.36 bits per heavy atom. The maximum atomic E-state index is 11.3. The predicted molar refractivity (Wildman–Crippen MR) is 59.5 cm³/mol. The van der Waals surface area contributed by atoms with E-state index in [9.17, 15) is 8.42 Å². The van der Waals surface area contributed by atoms with Crippen molar-refractivity contribution in [3.05, 3.63) is 0 Å². The molecule has 4 nitrogen and oxygen atoms in total. The molecule has 0 fully saturated rings. The van der Waals surface area contributed by atoms with Crippen LogP contribution in [0, 0.1) is 5.92 Å². The standard InChI is InChI=1S/C9H22N2O2S/c1-4-5-6-14(12,13)11-7-9(10)8(2)3/h8-9,11H,4-7,10H2,1-3H3. The molecule has 1 atom stereocenters. The highest BCUT2D eigenvalue weighted by Crippen LogP contribution is 1.98. The Labute approximate surface area is 87.3 Å². The van der Waals surface area contributed by atoms with Crippen LogP contribution in [0.5, 0.6) is 0 Å². The van der Waals surface area contributed by atoms with Crippen molar-refractivity contribution in [3.8, 4) is 0 Å². The minimum Gasteiger partial charge on any atom is -0.326 e. The summed E-state index contributed by atoms with van der Waals surface area (Å²) in [7, 11) is -3.10. The van der Waals surface area contributed by atoms with Crippen LogP contribution in [0.2, 0.25) is 0 Å². The Hall–Kier alpha value is -0.130. The Morgan fingerprint density at radius 2 is 1.93 bits per heavy atom. The van der Waals surface area contributed by atoms with Crippen LogP contribution in [0.1, 0.15) is 33.6 Å². The van der Waals surface area contributed by atoms with E-state index < -0.39 is 10.0 Å². The summed E-state index contributed by atoms with van der Waals surface area (Å²) in [6.45, 7) is 6.26. The minimum atomic E-state index is -3.10. The van der Waals surface area contributed by atoms with Gasteiger partial charge in [0.1, 0.15) is 0 Å². The first kappa shape index (κ1) is 13.9. The van der Waals surface area contributed by atoms with Gasteiger partial charge in [-0.25, -0.2) is 13.1 Å². The number of nitrogens with two attached hydrogens (primary N) is 1. The van der Waals surface area contributed by atoms with Gasteiger partial charge in [0.25, 0.3) is 0 Å². The van der Waals surface area contributed by atoms with Crippen LogP contribution in [0.25, 0.3) is 0 Å². The van der Waals surface area contributed by atoms with Gasteiger partial charge in [-0.3, -0.25) is 0 Å². The molecule has 0 rings (SSSR count). The summed E-state index contributed by atoms with van der Waals surface area (Å²) < 4.78 is 25.2. The molecule has 14 heavy (non-hydrogen) atoms. The molecule has 0 saturated heterocycles. The van der Waals surface area contributed by atoms with E-state index in [1.165, 1.54) is 0 Å². The number of nitrogens with one attached hydrogen (secondary N) is 1. The number of unbranched alkanes of at least 4 members (excludes halogenated alkanes) is 1. The first-order valence-electron chi connectivity index (χ1n) is 5.12. The van der Waals surface area contributed by atoms with E-state index in [0.29, 0.717) is 18.9 Å². The van der Waals surface area contributed by atoms with Crippen molar-refractivity contribution < 1.29 is 8.42 Å². The van der Waals surface area contributed by atoms with Gasteiger partial charge in [-0.15, -0.1) is 0 Å². The van der Waals surface area contributed by atoms with Crippen LogP contribution in [-0.2, 0) is 10.0 Å². The molecule has 0 saturated carbocycles. The number of sulfonamides is 1. The summed E-state index contributed by atoms with van der Waals surface area (Å²) in [6.07, 6.45) is 1.59. The molecule has 0 heterocycles. The highest BCUT2D eigenvalue weighted by atomic mass is 32.2. The maximum absolute atomic E-state index is 11.3. The maximum Gasteiger partial charge on any atom is 0.211 e. The van der Waals surface area contributed by atoms with E-state index in [0.717, 1.165) is 6.42 Å². The van der Waals surface area contributed by atoms with Gasteiger partial charge in [-0.05, 0) is 12.3 Å². The Kier molecular flexibility index (Phi) is 6.31. The third-order valence-electron chi connectivity index (χ3n) is 2.16. The first-order valence-corrected chi connectivity index (χ1v) is 6.77. The van der Waals surface area contributed by atoms with Crippen LogP contribution in [0.4, 0.5) is 0 Å². The fraction of sp³-hybridized carbons (Fsp3) is 1.00. The van der Waals surface area contributed by atoms with E-state index in [-0.39, 0.29) is 11.8 Å². The second-order valence-corrected chi connectivity index (χ2v) is 5.86. The summed E-state index contributed by atoms with van der Waals surface area (Å²) in [6, 6.07) is -0.105. The first-order chi connectivity index (χ1) is 6.39. The summed E-state index contributed by atoms with van der Waals surface area (Å²) in [5.74, 6) is 0.498. The van der Waals surface area contributed by atoms with Crippen molar-refractivity contribution in [2.45, 2.75) is 39.7 Å². The molecule has 86 valence electrons. The average Bonchev–Trinajstić information content (AvgIpc) is 2.11. The minimum absolute atomic E-state index is 0.105. The van der Waals surface area contributed by atoms with E-state index in [1.807, 2.05) is 20.8 Å². The summed E-state index contributed by atoms with van der Waals surface area (Å²) in [4.78, 5) is 0. The number of hydrogen-bond donors (Lipinski definition) is 2. The van der Waals surface area contributed by atoms with Crippen molar-refractivity contribution in [1.29, 1.82) is 0 Å². The van der Waals surface area contributed by atoms with Crippen molar-refractivity contribution in [2.24, 2.45) is 11.7 Å². The quantitative estimate of drug-likeness (QED) is 0.665. The number of hydrogen-bond acceptors (Lipinski definition) is 3. The predicted octanol–water partition coefficient (Wildman–Crippen LogP) is 0.689. The van der Waals surface area contributed by atoms with Crippen LogP contribution < -0.4 is 10.5 Å².